The minimum Gasteiger partial charge on any atom is -0.272 e. The van der Waals surface area contributed by atoms with Crippen LogP contribution in [0.5, 0.6) is 0 Å². The molecule has 1 saturated heterocycles. The molecule has 1 N–H and O–H groups in total. The lowest BCUT2D eigenvalue weighted by Gasteiger charge is -2.47. The zero-order valence-electron chi connectivity index (χ0n) is 14.6. The largest absolute Gasteiger partial charge is 0.416 e. The van der Waals surface area contributed by atoms with Crippen molar-refractivity contribution in [3.05, 3.63) is 35.4 Å². The van der Waals surface area contributed by atoms with Crippen LogP contribution < -0.4 is 5.43 Å². The van der Waals surface area contributed by atoms with Crippen molar-refractivity contribution in [2.24, 2.45) is 16.7 Å². The van der Waals surface area contributed by atoms with Gasteiger partial charge in [-0.2, -0.15) is 18.2 Å². The Bertz CT molecular complexity index is 803. The maximum Gasteiger partial charge on any atom is 0.416 e. The van der Waals surface area contributed by atoms with E-state index in [9.17, 15) is 27.6 Å². The number of hydrogen-bond acceptors (Lipinski definition) is 3. The number of nitrogens with one attached hydrogen (secondary N) is 1. The van der Waals surface area contributed by atoms with Crippen LogP contribution >= 0.6 is 0 Å². The molecule has 0 unspecified atom stereocenters. The molecule has 3 amide bonds. The van der Waals surface area contributed by atoms with Crippen LogP contribution in [0.25, 0.3) is 0 Å². The molecule has 1 aromatic carbocycles. The summed E-state index contributed by atoms with van der Waals surface area (Å²) in [7, 11) is 0. The second-order valence-corrected chi connectivity index (χ2v) is 7.64. The van der Waals surface area contributed by atoms with E-state index in [1.54, 1.807) is 6.92 Å². The molecular formula is C18H19F3N2O3. The summed E-state index contributed by atoms with van der Waals surface area (Å²) < 4.78 is 38.4. The van der Waals surface area contributed by atoms with Gasteiger partial charge in [0.2, 0.25) is 0 Å². The highest BCUT2D eigenvalue weighted by atomic mass is 19.4. The molecule has 5 nitrogen and oxygen atoms in total. The Kier molecular flexibility index (Phi) is 3.94. The number of nitrogens with zero attached hydrogens (tertiary/aromatic N) is 1. The summed E-state index contributed by atoms with van der Waals surface area (Å²) in [5, 5.41) is 0.686. The van der Waals surface area contributed by atoms with Crippen molar-refractivity contribution in [1.29, 1.82) is 0 Å². The first kappa shape index (κ1) is 18.4. The Morgan fingerprint density at radius 1 is 1.23 bits per heavy atom. The highest BCUT2D eigenvalue weighted by Gasteiger charge is 2.64. The first-order valence-electron chi connectivity index (χ1n) is 8.26. The monoisotopic (exact) mass is 368 g/mol. The van der Waals surface area contributed by atoms with Gasteiger partial charge in [0.15, 0.2) is 0 Å². The zero-order chi connectivity index (χ0) is 19.5. The lowest BCUT2D eigenvalue weighted by atomic mass is 9.63. The number of amides is 3. The number of carbonyl (C=O) groups is 3. The quantitative estimate of drug-likeness (QED) is 0.816. The summed E-state index contributed by atoms with van der Waals surface area (Å²) in [5.74, 6) is -2.40. The van der Waals surface area contributed by atoms with Gasteiger partial charge < -0.3 is 0 Å². The number of benzene rings is 1. The van der Waals surface area contributed by atoms with Gasteiger partial charge in [0.1, 0.15) is 0 Å². The van der Waals surface area contributed by atoms with E-state index in [0.29, 0.717) is 23.9 Å². The molecule has 0 radical (unpaired) electrons. The maximum atomic E-state index is 12.8. The average molecular weight is 368 g/mol. The van der Waals surface area contributed by atoms with E-state index in [1.807, 2.05) is 13.8 Å². The van der Waals surface area contributed by atoms with Gasteiger partial charge in [0.05, 0.1) is 11.0 Å². The third-order valence-electron chi connectivity index (χ3n) is 6.09. The van der Waals surface area contributed by atoms with Crippen molar-refractivity contribution in [1.82, 2.24) is 10.4 Å². The molecule has 2 bridgehead atoms. The lowest BCUT2D eigenvalue weighted by Crippen LogP contribution is -2.64. The highest BCUT2D eigenvalue weighted by Crippen LogP contribution is 2.59. The van der Waals surface area contributed by atoms with Gasteiger partial charge in [0, 0.05) is 11.5 Å². The molecule has 1 heterocycles. The fourth-order valence-corrected chi connectivity index (χ4v) is 3.93. The van der Waals surface area contributed by atoms with Crippen LogP contribution in [0.2, 0.25) is 0 Å². The van der Waals surface area contributed by atoms with Gasteiger partial charge in [-0.1, -0.05) is 26.8 Å². The van der Waals surface area contributed by atoms with E-state index in [1.165, 1.54) is 6.07 Å². The molecule has 8 heteroatoms. The first-order valence-corrected chi connectivity index (χ1v) is 8.26. The maximum absolute atomic E-state index is 12.8. The Balaban J connectivity index is 1.87. The van der Waals surface area contributed by atoms with Crippen LogP contribution in [0, 0.1) is 16.7 Å². The van der Waals surface area contributed by atoms with E-state index in [-0.39, 0.29) is 5.56 Å². The zero-order valence-corrected chi connectivity index (χ0v) is 14.6. The van der Waals surface area contributed by atoms with E-state index in [2.05, 4.69) is 5.43 Å². The molecule has 140 valence electrons. The Labute approximate surface area is 148 Å². The van der Waals surface area contributed by atoms with Crippen LogP contribution in [0.3, 0.4) is 0 Å². The minimum atomic E-state index is -4.59. The smallest absolute Gasteiger partial charge is 0.272 e. The predicted molar refractivity (Wildman–Crippen MR) is 85.4 cm³/mol. The molecular weight excluding hydrogens is 349 g/mol. The number of fused-ring (bicyclic) bond motifs is 2. The first-order chi connectivity index (χ1) is 11.9. The third kappa shape index (κ3) is 2.50. The summed E-state index contributed by atoms with van der Waals surface area (Å²) in [6.07, 6.45) is -3.54. The summed E-state index contributed by atoms with van der Waals surface area (Å²) in [6, 6.07) is 3.84. The van der Waals surface area contributed by atoms with Crippen LogP contribution in [0.1, 0.15) is 49.5 Å². The molecule has 2 aliphatic rings. The van der Waals surface area contributed by atoms with Gasteiger partial charge in [0.25, 0.3) is 17.7 Å². The number of alkyl halides is 3. The van der Waals surface area contributed by atoms with E-state index in [0.717, 1.165) is 12.1 Å². The molecule has 2 atom stereocenters. The molecule has 0 aromatic heterocycles. The standard InChI is InChI=1S/C18H19F3N2O3/c1-16(2)12-7-8-17(16,3)15(26)23(14(12)25)22-13(24)10-5-4-6-11(9-10)18(19,20)21/h4-6,9,12H,7-8H2,1-3H3,(H,22,24)/t12-,17+/m0/s1. The molecule has 1 aliphatic carbocycles. The number of halogens is 3. The summed E-state index contributed by atoms with van der Waals surface area (Å²) in [6.45, 7) is 5.46. The Morgan fingerprint density at radius 2 is 1.88 bits per heavy atom. The van der Waals surface area contributed by atoms with Gasteiger partial charge in [-0.05, 0) is 36.5 Å². The number of hydrogen-bond donors (Lipinski definition) is 1. The molecule has 2 fully saturated rings. The average Bonchev–Trinajstić information content (AvgIpc) is 2.75. The van der Waals surface area contributed by atoms with Crippen LogP contribution in [-0.2, 0) is 15.8 Å². The van der Waals surface area contributed by atoms with E-state index >= 15 is 0 Å². The molecule has 3 rings (SSSR count). The normalized spacial score (nSPS) is 27.6. The molecule has 1 aliphatic heterocycles. The topological polar surface area (TPSA) is 66.5 Å². The van der Waals surface area contributed by atoms with Gasteiger partial charge in [-0.25, -0.2) is 0 Å². The van der Waals surface area contributed by atoms with Crippen molar-refractivity contribution in [2.75, 3.05) is 0 Å². The number of imide groups is 1. The fraction of sp³-hybridized carbons (Fsp3) is 0.500. The van der Waals surface area contributed by atoms with Crippen molar-refractivity contribution >= 4 is 17.7 Å². The Hall–Kier alpha value is -2.38. The molecule has 0 spiro atoms. The summed E-state index contributed by atoms with van der Waals surface area (Å²) >= 11 is 0. The van der Waals surface area contributed by atoms with Crippen molar-refractivity contribution in [3.8, 4) is 0 Å². The number of carbonyl (C=O) groups excluding carboxylic acids is 3. The molecule has 26 heavy (non-hydrogen) atoms. The third-order valence-corrected chi connectivity index (χ3v) is 6.09. The van der Waals surface area contributed by atoms with Crippen LogP contribution in [0.15, 0.2) is 24.3 Å². The highest BCUT2D eigenvalue weighted by molar-refractivity contribution is 6.06. The second kappa shape index (κ2) is 5.56. The number of hydrazine groups is 1. The Morgan fingerprint density at radius 3 is 2.50 bits per heavy atom. The SMILES string of the molecule is CC1(C)[C@H]2CC[C@]1(C)C(=O)N(NC(=O)c1cccc(C(F)(F)F)c1)C2=O. The van der Waals surface area contributed by atoms with Gasteiger partial charge in [-0.3, -0.25) is 19.8 Å². The summed E-state index contributed by atoms with van der Waals surface area (Å²) in [4.78, 5) is 37.8. The minimum absolute atomic E-state index is 0.275. The van der Waals surface area contributed by atoms with Gasteiger partial charge in [-0.15, -0.1) is 0 Å². The van der Waals surface area contributed by atoms with E-state index in [4.69, 9.17) is 0 Å². The van der Waals surface area contributed by atoms with E-state index < -0.39 is 46.2 Å². The molecule has 1 aromatic rings. The predicted octanol–water partition coefficient (Wildman–Crippen LogP) is 3.16. The lowest BCUT2D eigenvalue weighted by molar-refractivity contribution is -0.171. The number of rotatable bonds is 2. The number of piperidine rings is 1. The second-order valence-electron chi connectivity index (χ2n) is 7.64. The van der Waals surface area contributed by atoms with Crippen LogP contribution in [-0.4, -0.2) is 22.7 Å². The van der Waals surface area contributed by atoms with Crippen molar-refractivity contribution < 1.29 is 27.6 Å². The van der Waals surface area contributed by atoms with Gasteiger partial charge >= 0.3 is 6.18 Å². The summed E-state index contributed by atoms with van der Waals surface area (Å²) in [5.41, 5.74) is -0.403. The fourth-order valence-electron chi connectivity index (χ4n) is 3.93. The van der Waals surface area contributed by atoms with Crippen molar-refractivity contribution in [3.63, 3.8) is 0 Å². The van der Waals surface area contributed by atoms with Crippen molar-refractivity contribution in [2.45, 2.75) is 39.8 Å². The molecule has 1 saturated carbocycles. The van der Waals surface area contributed by atoms with Crippen LogP contribution in [0.4, 0.5) is 13.2 Å².